The summed E-state index contributed by atoms with van der Waals surface area (Å²) in [4.78, 5) is 10.3. The molecular weight excluding hydrogens is 200 g/mol. The maximum absolute atomic E-state index is 10.3. The number of methoxy groups -OCH3 is 1. The van der Waals surface area contributed by atoms with Crippen LogP contribution >= 0.6 is 0 Å². The van der Waals surface area contributed by atoms with Crippen LogP contribution in [0.3, 0.4) is 0 Å². The van der Waals surface area contributed by atoms with Gasteiger partial charge < -0.3 is 14.3 Å². The summed E-state index contributed by atoms with van der Waals surface area (Å²) in [6.45, 7) is 0.646. The van der Waals surface area contributed by atoms with Crippen molar-refractivity contribution < 1.29 is 19.1 Å². The van der Waals surface area contributed by atoms with Gasteiger partial charge in [0, 0.05) is 26.6 Å². The topological polar surface area (TPSA) is 85.5 Å². The molecule has 0 saturated heterocycles. The smallest absolute Gasteiger partial charge is 0.303 e. The fraction of sp³-hybridized carbons (Fsp3) is 0.667. The van der Waals surface area contributed by atoms with Crippen molar-refractivity contribution in [2.45, 2.75) is 25.7 Å². The lowest BCUT2D eigenvalue weighted by Crippen LogP contribution is -1.97. The molecular formula is C9H14N2O4. The highest BCUT2D eigenvalue weighted by molar-refractivity contribution is 5.66. The van der Waals surface area contributed by atoms with Crippen molar-refractivity contribution in [1.29, 1.82) is 0 Å². The Hall–Kier alpha value is -1.43. The Balaban J connectivity index is 2.32. The van der Waals surface area contributed by atoms with Gasteiger partial charge in [-0.15, -0.1) is 10.2 Å². The first-order chi connectivity index (χ1) is 7.22. The Morgan fingerprint density at radius 1 is 1.40 bits per heavy atom. The average molecular weight is 214 g/mol. The van der Waals surface area contributed by atoms with Gasteiger partial charge in [0.05, 0.1) is 6.42 Å². The lowest BCUT2D eigenvalue weighted by atomic mass is 10.3. The number of hydrogen-bond acceptors (Lipinski definition) is 5. The highest BCUT2D eigenvalue weighted by Crippen LogP contribution is 2.05. The molecule has 0 radical (unpaired) electrons. The fourth-order valence-corrected chi connectivity index (χ4v) is 1.07. The highest BCUT2D eigenvalue weighted by Gasteiger charge is 2.07. The zero-order valence-corrected chi connectivity index (χ0v) is 8.60. The summed E-state index contributed by atoms with van der Waals surface area (Å²) < 4.78 is 10.1. The Morgan fingerprint density at radius 2 is 2.07 bits per heavy atom. The Kier molecular flexibility index (Phi) is 4.76. The van der Waals surface area contributed by atoms with E-state index < -0.39 is 5.97 Å². The van der Waals surface area contributed by atoms with Gasteiger partial charge in [0.25, 0.3) is 0 Å². The molecule has 0 atom stereocenters. The minimum absolute atomic E-state index is 0.0136. The quantitative estimate of drug-likeness (QED) is 0.671. The fourth-order valence-electron chi connectivity index (χ4n) is 1.07. The maximum atomic E-state index is 10.3. The summed E-state index contributed by atoms with van der Waals surface area (Å²) in [6, 6.07) is 0. The molecule has 0 unspecified atom stereocenters. The number of hydrogen-bond donors (Lipinski definition) is 1. The summed E-state index contributed by atoms with van der Waals surface area (Å²) in [7, 11) is 1.63. The Bertz CT molecular complexity index is 311. The number of ether oxygens (including phenoxy) is 1. The number of nitrogens with zero attached hydrogens (tertiary/aromatic N) is 2. The van der Waals surface area contributed by atoms with E-state index in [-0.39, 0.29) is 12.8 Å². The van der Waals surface area contributed by atoms with E-state index in [0.29, 0.717) is 24.8 Å². The number of carbonyl (C=O) groups is 1. The molecule has 0 aliphatic rings. The lowest BCUT2D eigenvalue weighted by molar-refractivity contribution is -0.137. The van der Waals surface area contributed by atoms with Gasteiger partial charge in [-0.1, -0.05) is 0 Å². The Labute approximate surface area is 87.3 Å². The molecule has 0 spiro atoms. The molecule has 6 nitrogen and oxygen atoms in total. The molecule has 0 saturated carbocycles. The summed E-state index contributed by atoms with van der Waals surface area (Å²) in [5, 5.41) is 16.0. The molecule has 6 heteroatoms. The van der Waals surface area contributed by atoms with Gasteiger partial charge in [-0.25, -0.2) is 0 Å². The molecule has 0 amide bonds. The molecule has 84 valence electrons. The molecule has 1 N–H and O–H groups in total. The second kappa shape index (κ2) is 6.13. The van der Waals surface area contributed by atoms with Crippen LogP contribution in [0, 0.1) is 0 Å². The van der Waals surface area contributed by atoms with Crippen molar-refractivity contribution in [2.75, 3.05) is 13.7 Å². The number of carboxylic acid groups (broad SMARTS) is 1. The van der Waals surface area contributed by atoms with Crippen LogP contribution in [0.2, 0.25) is 0 Å². The van der Waals surface area contributed by atoms with Crippen LogP contribution in [0.4, 0.5) is 0 Å². The van der Waals surface area contributed by atoms with E-state index in [9.17, 15) is 4.79 Å². The van der Waals surface area contributed by atoms with E-state index in [1.807, 2.05) is 0 Å². The van der Waals surface area contributed by atoms with Crippen molar-refractivity contribution in [2.24, 2.45) is 0 Å². The molecule has 0 fully saturated rings. The zero-order chi connectivity index (χ0) is 11.1. The van der Waals surface area contributed by atoms with Crippen molar-refractivity contribution in [1.82, 2.24) is 10.2 Å². The van der Waals surface area contributed by atoms with Crippen molar-refractivity contribution in [3.8, 4) is 0 Å². The van der Waals surface area contributed by atoms with Crippen LogP contribution in [0.1, 0.15) is 24.6 Å². The van der Waals surface area contributed by atoms with Crippen LogP contribution in [0.5, 0.6) is 0 Å². The minimum atomic E-state index is -0.867. The van der Waals surface area contributed by atoms with E-state index in [1.54, 1.807) is 7.11 Å². The van der Waals surface area contributed by atoms with Gasteiger partial charge in [-0.3, -0.25) is 4.79 Å². The molecule has 1 aromatic heterocycles. The van der Waals surface area contributed by atoms with Crippen LogP contribution in [0.25, 0.3) is 0 Å². The highest BCUT2D eigenvalue weighted by atomic mass is 16.5. The van der Waals surface area contributed by atoms with Crippen molar-refractivity contribution in [3.63, 3.8) is 0 Å². The normalized spacial score (nSPS) is 10.5. The van der Waals surface area contributed by atoms with Gasteiger partial charge in [0.15, 0.2) is 0 Å². The number of carboxylic acids is 1. The second-order valence-electron chi connectivity index (χ2n) is 3.08. The summed E-state index contributed by atoms with van der Waals surface area (Å²) in [6.07, 6.45) is 1.78. The van der Waals surface area contributed by atoms with E-state index in [2.05, 4.69) is 10.2 Å². The third-order valence-electron chi connectivity index (χ3n) is 1.80. The predicted octanol–water partition coefficient (Wildman–Crippen LogP) is 0.666. The van der Waals surface area contributed by atoms with Gasteiger partial charge in [0.2, 0.25) is 11.8 Å². The minimum Gasteiger partial charge on any atom is -0.481 e. The second-order valence-corrected chi connectivity index (χ2v) is 3.08. The molecule has 1 heterocycles. The van der Waals surface area contributed by atoms with Crippen LogP contribution in [-0.2, 0) is 22.4 Å². The van der Waals surface area contributed by atoms with Crippen molar-refractivity contribution in [3.05, 3.63) is 11.8 Å². The standard InChI is InChI=1S/C9H14N2O4/c1-14-6-2-3-7-10-11-8(15-7)4-5-9(12)13/h2-6H2,1H3,(H,12,13). The zero-order valence-electron chi connectivity index (χ0n) is 8.60. The first-order valence-electron chi connectivity index (χ1n) is 4.74. The lowest BCUT2D eigenvalue weighted by Gasteiger charge is -1.94. The summed E-state index contributed by atoms with van der Waals surface area (Å²) >= 11 is 0. The number of aliphatic carboxylic acids is 1. The largest absolute Gasteiger partial charge is 0.481 e. The first kappa shape index (κ1) is 11.6. The number of rotatable bonds is 7. The molecule has 0 bridgehead atoms. The summed E-state index contributed by atoms with van der Waals surface area (Å²) in [5.41, 5.74) is 0. The third-order valence-corrected chi connectivity index (χ3v) is 1.80. The molecule has 0 aromatic carbocycles. The molecule has 1 aromatic rings. The van der Waals surface area contributed by atoms with Crippen LogP contribution in [0.15, 0.2) is 4.42 Å². The van der Waals surface area contributed by atoms with Gasteiger partial charge >= 0.3 is 5.97 Å². The molecule has 0 aliphatic heterocycles. The van der Waals surface area contributed by atoms with Crippen LogP contribution in [-0.4, -0.2) is 35.0 Å². The van der Waals surface area contributed by atoms with E-state index >= 15 is 0 Å². The SMILES string of the molecule is COCCCc1nnc(CCC(=O)O)o1. The number of aryl methyl sites for hydroxylation is 2. The first-order valence-corrected chi connectivity index (χ1v) is 4.74. The molecule has 15 heavy (non-hydrogen) atoms. The van der Waals surface area contributed by atoms with Gasteiger partial charge in [0.1, 0.15) is 0 Å². The van der Waals surface area contributed by atoms with Crippen molar-refractivity contribution >= 4 is 5.97 Å². The predicted molar refractivity (Wildman–Crippen MR) is 50.5 cm³/mol. The van der Waals surface area contributed by atoms with Gasteiger partial charge in [-0.05, 0) is 6.42 Å². The average Bonchev–Trinajstić information content (AvgIpc) is 2.63. The van der Waals surface area contributed by atoms with E-state index in [4.69, 9.17) is 14.3 Å². The summed E-state index contributed by atoms with van der Waals surface area (Å²) in [5.74, 6) is 0.0476. The third kappa shape index (κ3) is 4.55. The van der Waals surface area contributed by atoms with Crippen LogP contribution < -0.4 is 0 Å². The van der Waals surface area contributed by atoms with Gasteiger partial charge in [-0.2, -0.15) is 0 Å². The molecule has 0 aliphatic carbocycles. The van der Waals surface area contributed by atoms with E-state index in [1.165, 1.54) is 0 Å². The Morgan fingerprint density at radius 3 is 2.67 bits per heavy atom. The van der Waals surface area contributed by atoms with E-state index in [0.717, 1.165) is 6.42 Å². The maximum Gasteiger partial charge on any atom is 0.303 e. The number of aromatic nitrogens is 2. The monoisotopic (exact) mass is 214 g/mol. The molecule has 1 rings (SSSR count).